The van der Waals surface area contributed by atoms with Gasteiger partial charge in [-0.2, -0.15) is 9.97 Å². The molecule has 3 aromatic heterocycles. The van der Waals surface area contributed by atoms with E-state index in [1.54, 1.807) is 0 Å². The molecule has 0 fully saturated rings. The van der Waals surface area contributed by atoms with Gasteiger partial charge in [0.05, 0.1) is 11.0 Å². The van der Waals surface area contributed by atoms with E-state index in [0.29, 0.717) is 17.6 Å². The monoisotopic (exact) mass is 730 g/mol. The fourth-order valence-corrected chi connectivity index (χ4v) is 9.28. The zero-order valence-electron chi connectivity index (χ0n) is 30.9. The molecule has 0 saturated carbocycles. The van der Waals surface area contributed by atoms with Crippen LogP contribution in [0.2, 0.25) is 0 Å². The number of hydrogen-bond donors (Lipinski definition) is 0. The Morgan fingerprint density at radius 1 is 0.456 bits per heavy atom. The van der Waals surface area contributed by atoms with Gasteiger partial charge >= 0.3 is 0 Å². The van der Waals surface area contributed by atoms with Crippen molar-refractivity contribution in [3.63, 3.8) is 0 Å². The van der Waals surface area contributed by atoms with Gasteiger partial charge in [0, 0.05) is 38.6 Å². The standard InChI is InChI=1S/C52H34N4O/c1-2-14-32(15-3-1)50-53-51(55-52(54-50)56-46-23-11-8-20-39(46)40-21-9-12-24-47(40)56)45-30-44-41-22-10-13-25-48(41)57-49(44)31-43(45)38-27-26-35-28-33-16-4-5-17-34(33)29-42(35)37-19-7-6-18-36(37)38/h1-25,28-31,38H,26-27H2. The van der Waals surface area contributed by atoms with Crippen LogP contribution in [0, 0.1) is 0 Å². The van der Waals surface area contributed by atoms with Gasteiger partial charge in [-0.15, -0.1) is 0 Å². The molecule has 11 aromatic rings. The number of aromatic nitrogens is 4. The average molecular weight is 731 g/mol. The first-order valence-corrected chi connectivity index (χ1v) is 19.6. The van der Waals surface area contributed by atoms with E-state index < -0.39 is 0 Å². The first-order chi connectivity index (χ1) is 28.2. The van der Waals surface area contributed by atoms with E-state index in [-0.39, 0.29) is 5.92 Å². The average Bonchev–Trinajstić information content (AvgIpc) is 3.76. The van der Waals surface area contributed by atoms with Crippen LogP contribution in [0.1, 0.15) is 29.0 Å². The highest BCUT2D eigenvalue weighted by atomic mass is 16.3. The van der Waals surface area contributed by atoms with Gasteiger partial charge in [-0.25, -0.2) is 4.98 Å². The third-order valence-electron chi connectivity index (χ3n) is 11.9. The Hall–Kier alpha value is -7.37. The molecular weight excluding hydrogens is 697 g/mol. The third kappa shape index (κ3) is 5.05. The van der Waals surface area contributed by atoms with Crippen LogP contribution in [0.25, 0.3) is 94.4 Å². The van der Waals surface area contributed by atoms with Gasteiger partial charge in [-0.05, 0) is 87.8 Å². The Bertz CT molecular complexity index is 3320. The molecule has 0 amide bonds. The molecule has 5 heteroatoms. The lowest BCUT2D eigenvalue weighted by molar-refractivity contribution is 0.665. The van der Waals surface area contributed by atoms with E-state index in [2.05, 4.69) is 150 Å². The van der Waals surface area contributed by atoms with E-state index in [1.807, 2.05) is 30.3 Å². The molecule has 1 aliphatic rings. The topological polar surface area (TPSA) is 56.7 Å². The lowest BCUT2D eigenvalue weighted by Gasteiger charge is -2.22. The normalized spacial score (nSPS) is 14.0. The van der Waals surface area contributed by atoms with Gasteiger partial charge in [0.25, 0.3) is 0 Å². The highest BCUT2D eigenvalue weighted by Crippen LogP contribution is 2.47. The molecule has 0 bridgehead atoms. The second-order valence-electron chi connectivity index (χ2n) is 15.1. The van der Waals surface area contributed by atoms with Gasteiger partial charge in [0.15, 0.2) is 11.6 Å². The number of nitrogens with zero attached hydrogens (tertiary/aromatic N) is 4. The third-order valence-corrected chi connectivity index (χ3v) is 11.9. The maximum atomic E-state index is 6.62. The van der Waals surface area contributed by atoms with E-state index in [9.17, 15) is 0 Å². The largest absolute Gasteiger partial charge is 0.456 e. The van der Waals surface area contributed by atoms with Crippen molar-refractivity contribution in [2.24, 2.45) is 0 Å². The van der Waals surface area contributed by atoms with Crippen LogP contribution in [0.4, 0.5) is 0 Å². The molecule has 5 nitrogen and oxygen atoms in total. The summed E-state index contributed by atoms with van der Waals surface area (Å²) in [5, 5.41) is 6.95. The lowest BCUT2D eigenvalue weighted by atomic mass is 9.82. The zero-order valence-corrected chi connectivity index (χ0v) is 30.9. The molecule has 0 radical (unpaired) electrons. The summed E-state index contributed by atoms with van der Waals surface area (Å²) in [7, 11) is 0. The van der Waals surface area contributed by atoms with Crippen molar-refractivity contribution < 1.29 is 4.42 Å². The summed E-state index contributed by atoms with van der Waals surface area (Å²) in [6.07, 6.45) is 1.84. The molecule has 1 atom stereocenters. The van der Waals surface area contributed by atoms with Crippen molar-refractivity contribution in [2.45, 2.75) is 18.8 Å². The maximum Gasteiger partial charge on any atom is 0.238 e. The number of benzene rings is 8. The molecule has 0 saturated heterocycles. The fourth-order valence-electron chi connectivity index (χ4n) is 9.28. The molecule has 12 rings (SSSR count). The minimum Gasteiger partial charge on any atom is -0.456 e. The Morgan fingerprint density at radius 3 is 1.91 bits per heavy atom. The predicted octanol–water partition coefficient (Wildman–Crippen LogP) is 13.1. The van der Waals surface area contributed by atoms with Crippen LogP contribution >= 0.6 is 0 Å². The molecule has 1 aliphatic carbocycles. The number of fused-ring (bicyclic) bond motifs is 10. The van der Waals surface area contributed by atoms with Crippen LogP contribution in [-0.2, 0) is 6.42 Å². The summed E-state index contributed by atoms with van der Waals surface area (Å²) < 4.78 is 8.81. The molecule has 0 spiro atoms. The number of rotatable bonds is 4. The first-order valence-electron chi connectivity index (χ1n) is 19.6. The molecule has 3 heterocycles. The summed E-state index contributed by atoms with van der Waals surface area (Å²) >= 11 is 0. The molecule has 0 aliphatic heterocycles. The highest BCUT2D eigenvalue weighted by molar-refractivity contribution is 6.09. The number of para-hydroxylation sites is 3. The first kappa shape index (κ1) is 31.9. The summed E-state index contributed by atoms with van der Waals surface area (Å²) in [5.74, 6) is 1.88. The van der Waals surface area contributed by atoms with Crippen LogP contribution < -0.4 is 0 Å². The van der Waals surface area contributed by atoms with Crippen molar-refractivity contribution in [3.05, 3.63) is 193 Å². The van der Waals surface area contributed by atoms with Crippen molar-refractivity contribution in [1.29, 1.82) is 0 Å². The van der Waals surface area contributed by atoms with Crippen LogP contribution in [0.15, 0.2) is 180 Å². The summed E-state index contributed by atoms with van der Waals surface area (Å²) in [5.41, 5.74) is 12.1. The number of aryl methyl sites for hydroxylation is 1. The van der Waals surface area contributed by atoms with Gasteiger partial charge in [0.1, 0.15) is 11.2 Å². The van der Waals surface area contributed by atoms with Crippen molar-refractivity contribution in [2.75, 3.05) is 0 Å². The molecular formula is C52H34N4O. The van der Waals surface area contributed by atoms with E-state index in [1.165, 1.54) is 33.0 Å². The van der Waals surface area contributed by atoms with Gasteiger partial charge < -0.3 is 4.42 Å². The Kier molecular flexibility index (Phi) is 7.05. The van der Waals surface area contributed by atoms with E-state index in [0.717, 1.165) is 73.3 Å². The predicted molar refractivity (Wildman–Crippen MR) is 232 cm³/mol. The quantitative estimate of drug-likeness (QED) is 0.181. The number of hydrogen-bond acceptors (Lipinski definition) is 4. The summed E-state index contributed by atoms with van der Waals surface area (Å²) in [4.78, 5) is 16.1. The van der Waals surface area contributed by atoms with E-state index >= 15 is 0 Å². The second-order valence-corrected chi connectivity index (χ2v) is 15.1. The van der Waals surface area contributed by atoms with Crippen molar-refractivity contribution >= 4 is 54.5 Å². The maximum absolute atomic E-state index is 6.62. The second kappa shape index (κ2) is 12.6. The lowest BCUT2D eigenvalue weighted by Crippen LogP contribution is -2.09. The van der Waals surface area contributed by atoms with Gasteiger partial charge in [-0.3, -0.25) is 4.57 Å². The molecule has 268 valence electrons. The highest BCUT2D eigenvalue weighted by Gasteiger charge is 2.29. The Morgan fingerprint density at radius 2 is 1.11 bits per heavy atom. The molecule has 57 heavy (non-hydrogen) atoms. The van der Waals surface area contributed by atoms with Crippen LogP contribution in [0.3, 0.4) is 0 Å². The minimum absolute atomic E-state index is 0.0398. The number of furan rings is 1. The summed E-state index contributed by atoms with van der Waals surface area (Å²) in [6.45, 7) is 0. The summed E-state index contributed by atoms with van der Waals surface area (Å²) in [6, 6.07) is 62.5. The van der Waals surface area contributed by atoms with Crippen molar-refractivity contribution in [1.82, 2.24) is 19.5 Å². The fraction of sp³-hybridized carbons (Fsp3) is 0.0577. The Labute approximate surface area is 328 Å². The molecule has 8 aromatic carbocycles. The van der Waals surface area contributed by atoms with Crippen molar-refractivity contribution in [3.8, 4) is 39.9 Å². The van der Waals surface area contributed by atoms with Gasteiger partial charge in [-0.1, -0.05) is 140 Å². The molecule has 0 N–H and O–H groups in total. The molecule has 1 unspecified atom stereocenters. The zero-order chi connectivity index (χ0) is 37.5. The van der Waals surface area contributed by atoms with E-state index in [4.69, 9.17) is 19.4 Å². The Balaban J connectivity index is 1.15. The SMILES string of the molecule is c1ccc(-c2nc(-c3cc4c(cc3C3CCc5cc6ccccc6cc5-c5ccccc53)oc3ccccc34)nc(-n3c4ccccc4c4ccccc43)n2)cc1. The smallest absolute Gasteiger partial charge is 0.238 e. The minimum atomic E-state index is 0.0398. The van der Waals surface area contributed by atoms with Crippen LogP contribution in [0.5, 0.6) is 0 Å². The van der Waals surface area contributed by atoms with Crippen LogP contribution in [-0.4, -0.2) is 19.5 Å². The van der Waals surface area contributed by atoms with Gasteiger partial charge in [0.2, 0.25) is 5.95 Å².